The molecule has 2 aromatic carbocycles. The summed E-state index contributed by atoms with van der Waals surface area (Å²) in [7, 11) is 0. The molecule has 6 nitrogen and oxygen atoms in total. The van der Waals surface area contributed by atoms with E-state index in [-0.39, 0.29) is 30.2 Å². The predicted octanol–water partition coefficient (Wildman–Crippen LogP) is 3.04. The lowest BCUT2D eigenvalue weighted by Crippen LogP contribution is -2.70. The molecule has 2 atom stereocenters. The molecule has 0 aromatic heterocycles. The van der Waals surface area contributed by atoms with Crippen molar-refractivity contribution in [1.29, 1.82) is 0 Å². The third kappa shape index (κ3) is 4.51. The van der Waals surface area contributed by atoms with Crippen molar-refractivity contribution in [2.75, 3.05) is 5.75 Å². The molecule has 160 valence electrons. The topological polar surface area (TPSA) is 75.7 Å². The molecule has 1 N–H and O–H groups in total. The second-order valence-corrected chi connectivity index (χ2v) is 8.59. The van der Waals surface area contributed by atoms with E-state index in [2.05, 4.69) is 5.32 Å². The molecule has 0 radical (unpaired) electrons. The normalized spacial score (nSPS) is 20.0. The Morgan fingerprint density at radius 1 is 1.06 bits per heavy atom. The molecule has 31 heavy (non-hydrogen) atoms. The minimum absolute atomic E-state index is 0.150. The molecule has 2 heterocycles. The summed E-state index contributed by atoms with van der Waals surface area (Å²) >= 11 is 1.57. The molecule has 0 bridgehead atoms. The van der Waals surface area contributed by atoms with Gasteiger partial charge in [-0.3, -0.25) is 14.5 Å². The fourth-order valence-corrected chi connectivity index (χ4v) is 5.19. The zero-order chi connectivity index (χ0) is 21.8. The predicted molar refractivity (Wildman–Crippen MR) is 119 cm³/mol. The van der Waals surface area contributed by atoms with Crippen molar-refractivity contribution in [2.45, 2.75) is 37.8 Å². The number of esters is 1. The van der Waals surface area contributed by atoms with Gasteiger partial charge in [0.25, 0.3) is 5.91 Å². The number of hydrogen-bond donors (Lipinski definition) is 1. The highest BCUT2D eigenvalue weighted by Gasteiger charge is 2.54. The molecule has 0 saturated carbocycles. The van der Waals surface area contributed by atoms with Crippen LogP contribution in [-0.2, 0) is 32.1 Å². The molecule has 1 fully saturated rings. The number of nitrogens with zero attached hydrogens (tertiary/aromatic N) is 1. The number of hydrogen-bond acceptors (Lipinski definition) is 5. The van der Waals surface area contributed by atoms with E-state index in [1.165, 1.54) is 4.90 Å². The van der Waals surface area contributed by atoms with Crippen LogP contribution in [0.3, 0.4) is 0 Å². The number of fused-ring (bicyclic) bond motifs is 1. The van der Waals surface area contributed by atoms with Gasteiger partial charge >= 0.3 is 5.97 Å². The zero-order valence-corrected chi connectivity index (χ0v) is 18.1. The fraction of sp³-hybridized carbons (Fsp3) is 0.292. The Morgan fingerprint density at radius 3 is 2.35 bits per heavy atom. The lowest BCUT2D eigenvalue weighted by atomic mass is 10.0. The van der Waals surface area contributed by atoms with Crippen LogP contribution in [0.1, 0.15) is 24.5 Å². The van der Waals surface area contributed by atoms with Crippen molar-refractivity contribution in [1.82, 2.24) is 10.2 Å². The minimum atomic E-state index is -0.628. The number of thioether (sulfide) groups is 1. The Bertz CT molecular complexity index is 1010. The first-order valence-electron chi connectivity index (χ1n) is 10.3. The lowest BCUT2D eigenvalue weighted by molar-refractivity contribution is -0.153. The average Bonchev–Trinajstić information content (AvgIpc) is 2.81. The Labute approximate surface area is 185 Å². The van der Waals surface area contributed by atoms with E-state index in [0.29, 0.717) is 17.9 Å². The number of nitrogens with one attached hydrogen (secondary N) is 1. The maximum absolute atomic E-state index is 12.9. The van der Waals surface area contributed by atoms with Crippen molar-refractivity contribution >= 4 is 29.5 Å². The number of rotatable bonds is 7. The van der Waals surface area contributed by atoms with Crippen LogP contribution in [0.25, 0.3) is 0 Å². The molecular formula is C24H24N2O4S. The van der Waals surface area contributed by atoms with Crippen LogP contribution in [0.15, 0.2) is 71.9 Å². The summed E-state index contributed by atoms with van der Waals surface area (Å²) in [5.74, 6) is -0.334. The number of carbonyl (C=O) groups excluding carboxylic acids is 3. The summed E-state index contributed by atoms with van der Waals surface area (Å²) < 4.78 is 5.51. The van der Waals surface area contributed by atoms with Gasteiger partial charge in [-0.05, 0) is 23.1 Å². The molecule has 1 saturated heterocycles. The van der Waals surface area contributed by atoms with E-state index in [1.54, 1.807) is 11.8 Å². The number of carbonyl (C=O) groups is 3. The molecule has 0 aliphatic carbocycles. The molecule has 4 rings (SSSR count). The Kier molecular flexibility index (Phi) is 6.42. The summed E-state index contributed by atoms with van der Waals surface area (Å²) in [5.41, 5.74) is 3.00. The smallest absolute Gasteiger partial charge is 0.355 e. The number of benzene rings is 2. The van der Waals surface area contributed by atoms with Gasteiger partial charge in [0.2, 0.25) is 5.91 Å². The molecule has 7 heteroatoms. The fourth-order valence-electron chi connectivity index (χ4n) is 3.74. The molecule has 0 spiro atoms. The van der Waals surface area contributed by atoms with Gasteiger partial charge in [-0.15, -0.1) is 11.8 Å². The molecule has 2 amide bonds. The van der Waals surface area contributed by atoms with Gasteiger partial charge in [0.1, 0.15) is 23.7 Å². The first-order chi connectivity index (χ1) is 15.1. The van der Waals surface area contributed by atoms with E-state index in [9.17, 15) is 14.4 Å². The maximum Gasteiger partial charge on any atom is 0.355 e. The summed E-state index contributed by atoms with van der Waals surface area (Å²) in [6.07, 6.45) is 0.869. The van der Waals surface area contributed by atoms with Crippen molar-refractivity contribution in [3.05, 3.63) is 83.1 Å². The van der Waals surface area contributed by atoms with Gasteiger partial charge in [0.15, 0.2) is 0 Å². The van der Waals surface area contributed by atoms with E-state index in [4.69, 9.17) is 4.74 Å². The lowest BCUT2D eigenvalue weighted by Gasteiger charge is -2.49. The number of ether oxygens (including phenoxy) is 1. The zero-order valence-electron chi connectivity index (χ0n) is 17.2. The van der Waals surface area contributed by atoms with E-state index in [1.807, 2.05) is 67.6 Å². The maximum atomic E-state index is 12.9. The van der Waals surface area contributed by atoms with Crippen LogP contribution in [0.4, 0.5) is 0 Å². The minimum Gasteiger partial charge on any atom is -0.456 e. The standard InChI is InChI=1S/C24H24N2O4S/c1-2-18-15-31-23-20(25-19(27)13-16-9-5-3-6-10-16)22(28)26(23)21(18)24(29)30-14-17-11-7-4-8-12-17/h3-12,20,23H,2,13-15H2,1H3,(H,25,27)/t20-,23-/m1/s1. The van der Waals surface area contributed by atoms with Crippen LogP contribution >= 0.6 is 11.8 Å². The monoisotopic (exact) mass is 436 g/mol. The average molecular weight is 437 g/mol. The van der Waals surface area contributed by atoms with Crippen molar-refractivity contribution < 1.29 is 19.1 Å². The molecule has 2 aliphatic heterocycles. The van der Waals surface area contributed by atoms with Gasteiger partial charge in [-0.1, -0.05) is 67.6 Å². The second kappa shape index (κ2) is 9.39. The van der Waals surface area contributed by atoms with Gasteiger partial charge in [-0.25, -0.2) is 4.79 Å². The van der Waals surface area contributed by atoms with Gasteiger partial charge in [0, 0.05) is 5.75 Å². The summed E-state index contributed by atoms with van der Waals surface area (Å²) in [6.45, 7) is 2.11. The van der Waals surface area contributed by atoms with Crippen molar-refractivity contribution in [2.24, 2.45) is 0 Å². The third-order valence-corrected chi connectivity index (χ3v) is 6.74. The number of amides is 2. The van der Waals surface area contributed by atoms with Gasteiger partial charge in [-0.2, -0.15) is 0 Å². The van der Waals surface area contributed by atoms with Crippen LogP contribution in [0, 0.1) is 0 Å². The quantitative estimate of drug-likeness (QED) is 0.533. The molecule has 0 unspecified atom stereocenters. The second-order valence-electron chi connectivity index (χ2n) is 7.48. The van der Waals surface area contributed by atoms with Crippen LogP contribution in [0.5, 0.6) is 0 Å². The largest absolute Gasteiger partial charge is 0.456 e. The van der Waals surface area contributed by atoms with E-state index >= 15 is 0 Å². The number of β-lactam (4-membered cyclic amide) rings is 1. The van der Waals surface area contributed by atoms with Gasteiger partial charge in [0.05, 0.1) is 6.42 Å². The van der Waals surface area contributed by atoms with Crippen LogP contribution in [0.2, 0.25) is 0 Å². The molecular weight excluding hydrogens is 412 g/mol. The summed E-state index contributed by atoms with van der Waals surface area (Å²) in [5, 5.41) is 2.55. The summed E-state index contributed by atoms with van der Waals surface area (Å²) in [4.78, 5) is 39.7. The first-order valence-corrected chi connectivity index (χ1v) is 11.3. The summed E-state index contributed by atoms with van der Waals surface area (Å²) in [6, 6.07) is 18.2. The highest BCUT2D eigenvalue weighted by molar-refractivity contribution is 8.00. The SMILES string of the molecule is CCC1=C(C(=O)OCc2ccccc2)N2C(=O)[C@@H](NC(=O)Cc3ccccc3)[C@H]2SC1. The Hall–Kier alpha value is -3.06. The molecule has 2 aromatic rings. The molecule has 2 aliphatic rings. The van der Waals surface area contributed by atoms with Gasteiger partial charge < -0.3 is 10.1 Å². The van der Waals surface area contributed by atoms with E-state index < -0.39 is 12.0 Å². The highest BCUT2D eigenvalue weighted by Crippen LogP contribution is 2.41. The van der Waals surface area contributed by atoms with Crippen LogP contribution < -0.4 is 5.32 Å². The highest BCUT2D eigenvalue weighted by atomic mass is 32.2. The van der Waals surface area contributed by atoms with E-state index in [0.717, 1.165) is 16.7 Å². The third-order valence-electron chi connectivity index (χ3n) is 5.40. The Morgan fingerprint density at radius 2 is 1.71 bits per heavy atom. The van der Waals surface area contributed by atoms with Crippen LogP contribution in [-0.4, -0.2) is 39.9 Å². The first kappa shape index (κ1) is 21.2. The van der Waals surface area contributed by atoms with Crippen molar-refractivity contribution in [3.8, 4) is 0 Å². The van der Waals surface area contributed by atoms with Crippen molar-refractivity contribution in [3.63, 3.8) is 0 Å². The Balaban J connectivity index is 1.42.